The van der Waals surface area contributed by atoms with E-state index in [9.17, 15) is 28.2 Å². The number of nitrogens with zero attached hydrogens (tertiary/aromatic N) is 2. The summed E-state index contributed by atoms with van der Waals surface area (Å²) in [6, 6.07) is 14.8. The van der Waals surface area contributed by atoms with Crippen LogP contribution >= 0.6 is 0 Å². The topological polar surface area (TPSA) is 105 Å². The lowest BCUT2D eigenvalue weighted by Gasteiger charge is -2.13. The third-order valence-electron chi connectivity index (χ3n) is 4.89. The van der Waals surface area contributed by atoms with Crippen LogP contribution in [-0.2, 0) is 13.0 Å². The van der Waals surface area contributed by atoms with Crippen LogP contribution in [-0.4, -0.2) is 32.3 Å². The number of phenols is 1. The van der Waals surface area contributed by atoms with Gasteiger partial charge in [-0.1, -0.05) is 18.2 Å². The molecule has 10 heteroatoms. The van der Waals surface area contributed by atoms with Crippen LogP contribution in [0.3, 0.4) is 0 Å². The molecule has 0 radical (unpaired) electrons. The molecule has 0 bridgehead atoms. The summed E-state index contributed by atoms with van der Waals surface area (Å²) in [7, 11) is 0. The Morgan fingerprint density at radius 2 is 1.85 bits per heavy atom. The van der Waals surface area contributed by atoms with E-state index in [-0.39, 0.29) is 35.1 Å². The van der Waals surface area contributed by atoms with Crippen LogP contribution in [0, 0.1) is 0 Å². The molecule has 0 aliphatic rings. The lowest BCUT2D eigenvalue weighted by molar-refractivity contribution is -0.127. The molecular formula is C24H18F3N3O4. The molecule has 4 rings (SSSR count). The van der Waals surface area contributed by atoms with Crippen LogP contribution in [0.1, 0.15) is 21.6 Å². The first-order valence-electron chi connectivity index (χ1n) is 10.0. The minimum absolute atomic E-state index is 0.0885. The molecule has 0 fully saturated rings. The average molecular weight is 469 g/mol. The van der Waals surface area contributed by atoms with Gasteiger partial charge in [-0.15, -0.1) is 0 Å². The molecule has 0 saturated heterocycles. The summed E-state index contributed by atoms with van der Waals surface area (Å²) in [6.45, 7) is -0.260. The highest BCUT2D eigenvalue weighted by Gasteiger charge is 2.28. The predicted molar refractivity (Wildman–Crippen MR) is 118 cm³/mol. The molecule has 1 amide bonds. The smallest absolute Gasteiger partial charge is 0.393 e. The SMILES string of the molecule is O=C(Nc1cc(CC(F)(F)F)ccc1O)c1cccc2cc(Oc3cc(CO)ncn3)ccc12. The number of ether oxygens (including phenoxy) is 1. The number of amides is 1. The minimum atomic E-state index is -4.42. The van der Waals surface area contributed by atoms with Crippen molar-refractivity contribution in [1.82, 2.24) is 9.97 Å². The fraction of sp³-hybridized carbons (Fsp3) is 0.125. The van der Waals surface area contributed by atoms with Crippen molar-refractivity contribution in [2.45, 2.75) is 19.2 Å². The number of aromatic nitrogens is 2. The number of benzene rings is 3. The monoisotopic (exact) mass is 469 g/mol. The van der Waals surface area contributed by atoms with Crippen LogP contribution in [0.25, 0.3) is 10.8 Å². The summed E-state index contributed by atoms with van der Waals surface area (Å²) in [6.07, 6.45) is -4.33. The Morgan fingerprint density at radius 1 is 1.03 bits per heavy atom. The summed E-state index contributed by atoms with van der Waals surface area (Å²) >= 11 is 0. The molecule has 0 atom stereocenters. The van der Waals surface area contributed by atoms with Gasteiger partial charge in [0.25, 0.3) is 5.91 Å². The van der Waals surface area contributed by atoms with E-state index in [4.69, 9.17) is 4.74 Å². The number of carbonyl (C=O) groups excluding carboxylic acids is 1. The molecule has 0 aliphatic carbocycles. The second-order valence-corrected chi connectivity index (χ2v) is 7.39. The van der Waals surface area contributed by atoms with Crippen molar-refractivity contribution in [3.05, 3.63) is 83.8 Å². The molecule has 0 saturated carbocycles. The molecular weight excluding hydrogens is 451 g/mol. The van der Waals surface area contributed by atoms with E-state index in [1.807, 2.05) is 0 Å². The van der Waals surface area contributed by atoms with Crippen molar-refractivity contribution >= 4 is 22.4 Å². The van der Waals surface area contributed by atoms with E-state index in [2.05, 4.69) is 15.3 Å². The van der Waals surface area contributed by atoms with Gasteiger partial charge in [-0.05, 0) is 52.7 Å². The van der Waals surface area contributed by atoms with Gasteiger partial charge in [0.2, 0.25) is 5.88 Å². The number of anilines is 1. The van der Waals surface area contributed by atoms with Crippen LogP contribution in [0.4, 0.5) is 18.9 Å². The Kier molecular flexibility index (Phi) is 6.33. The maximum absolute atomic E-state index is 12.9. The van der Waals surface area contributed by atoms with E-state index >= 15 is 0 Å². The molecule has 1 heterocycles. The van der Waals surface area contributed by atoms with Gasteiger partial charge in [0.05, 0.1) is 24.4 Å². The first-order chi connectivity index (χ1) is 16.2. The van der Waals surface area contributed by atoms with Crippen LogP contribution in [0.15, 0.2) is 67.0 Å². The van der Waals surface area contributed by atoms with Crippen molar-refractivity contribution in [1.29, 1.82) is 0 Å². The predicted octanol–water partition coefficient (Wildman–Crippen LogP) is 4.98. The second kappa shape index (κ2) is 9.36. The van der Waals surface area contributed by atoms with Gasteiger partial charge in [-0.3, -0.25) is 4.79 Å². The number of aliphatic hydroxyl groups is 1. The summed E-state index contributed by atoms with van der Waals surface area (Å²) in [5.74, 6) is -0.268. The lowest BCUT2D eigenvalue weighted by Crippen LogP contribution is -2.14. The number of phenolic OH excluding ortho intramolecular Hbond substituents is 1. The van der Waals surface area contributed by atoms with Crippen molar-refractivity contribution in [2.24, 2.45) is 0 Å². The molecule has 4 aromatic rings. The van der Waals surface area contributed by atoms with E-state index in [1.165, 1.54) is 12.4 Å². The molecule has 34 heavy (non-hydrogen) atoms. The Morgan fingerprint density at radius 3 is 2.62 bits per heavy atom. The highest BCUT2D eigenvalue weighted by Crippen LogP contribution is 2.31. The van der Waals surface area contributed by atoms with Gasteiger partial charge in [-0.25, -0.2) is 9.97 Å². The first kappa shape index (κ1) is 23.0. The number of halogens is 3. The van der Waals surface area contributed by atoms with E-state index < -0.39 is 18.5 Å². The van der Waals surface area contributed by atoms with Crippen molar-refractivity contribution < 1.29 is 32.9 Å². The summed E-state index contributed by atoms with van der Waals surface area (Å²) < 4.78 is 43.8. The summed E-state index contributed by atoms with van der Waals surface area (Å²) in [4.78, 5) is 20.8. The number of hydrogen-bond donors (Lipinski definition) is 3. The average Bonchev–Trinajstić information content (AvgIpc) is 2.80. The van der Waals surface area contributed by atoms with E-state index in [0.717, 1.165) is 18.2 Å². The molecule has 3 N–H and O–H groups in total. The lowest BCUT2D eigenvalue weighted by atomic mass is 10.0. The zero-order valence-electron chi connectivity index (χ0n) is 17.5. The number of carbonyl (C=O) groups is 1. The number of alkyl halides is 3. The molecule has 0 aliphatic heterocycles. The molecule has 7 nitrogen and oxygen atoms in total. The van der Waals surface area contributed by atoms with Gasteiger partial charge in [-0.2, -0.15) is 13.2 Å². The molecule has 0 spiro atoms. The third-order valence-corrected chi connectivity index (χ3v) is 4.89. The number of hydrogen-bond acceptors (Lipinski definition) is 6. The first-order valence-corrected chi connectivity index (χ1v) is 10.0. The fourth-order valence-corrected chi connectivity index (χ4v) is 3.38. The standard InChI is InChI=1S/C24H18F3N3O4/c25-24(26,27)11-14-4-7-21(32)20(8-14)30-23(33)19-3-1-2-15-9-17(5-6-18(15)19)34-22-10-16(12-31)28-13-29-22/h1-10,13,31-32H,11-12H2,(H,30,33). The van der Waals surface area contributed by atoms with E-state index in [0.29, 0.717) is 22.2 Å². The van der Waals surface area contributed by atoms with Gasteiger partial charge >= 0.3 is 6.18 Å². The third kappa shape index (κ3) is 5.41. The Hall–Kier alpha value is -4.18. The van der Waals surface area contributed by atoms with Crippen molar-refractivity contribution in [2.75, 3.05) is 5.32 Å². The Bertz CT molecular complexity index is 1360. The van der Waals surface area contributed by atoms with Gasteiger partial charge < -0.3 is 20.3 Å². The fourth-order valence-electron chi connectivity index (χ4n) is 3.38. The van der Waals surface area contributed by atoms with Gasteiger partial charge in [0, 0.05) is 11.6 Å². The minimum Gasteiger partial charge on any atom is -0.506 e. The van der Waals surface area contributed by atoms with E-state index in [1.54, 1.807) is 36.4 Å². The van der Waals surface area contributed by atoms with Gasteiger partial charge in [0.1, 0.15) is 17.8 Å². The molecule has 1 aromatic heterocycles. The zero-order valence-corrected chi connectivity index (χ0v) is 17.5. The maximum Gasteiger partial charge on any atom is 0.393 e. The van der Waals surface area contributed by atoms with Crippen LogP contribution in [0.2, 0.25) is 0 Å². The number of aliphatic hydroxyl groups excluding tert-OH is 1. The van der Waals surface area contributed by atoms with Crippen LogP contribution < -0.4 is 10.1 Å². The van der Waals surface area contributed by atoms with Crippen LogP contribution in [0.5, 0.6) is 17.4 Å². The van der Waals surface area contributed by atoms with Crippen molar-refractivity contribution in [3.8, 4) is 17.4 Å². The normalized spacial score (nSPS) is 11.4. The number of aromatic hydroxyl groups is 1. The maximum atomic E-state index is 12.9. The molecule has 174 valence electrons. The molecule has 3 aromatic carbocycles. The Labute approximate surface area is 191 Å². The second-order valence-electron chi connectivity index (χ2n) is 7.39. The highest BCUT2D eigenvalue weighted by atomic mass is 19.4. The quantitative estimate of drug-likeness (QED) is 0.344. The number of fused-ring (bicyclic) bond motifs is 1. The summed E-state index contributed by atoms with van der Waals surface area (Å²) in [5, 5.41) is 22.9. The summed E-state index contributed by atoms with van der Waals surface area (Å²) in [5.41, 5.74) is 0.447. The number of rotatable bonds is 6. The van der Waals surface area contributed by atoms with Gasteiger partial charge in [0.15, 0.2) is 0 Å². The highest BCUT2D eigenvalue weighted by molar-refractivity contribution is 6.13. The number of nitrogens with one attached hydrogen (secondary N) is 1. The largest absolute Gasteiger partial charge is 0.506 e. The zero-order chi connectivity index (χ0) is 24.3. The molecule has 0 unspecified atom stereocenters. The van der Waals surface area contributed by atoms with Crippen molar-refractivity contribution in [3.63, 3.8) is 0 Å². The Balaban J connectivity index is 1.58.